The number of amides is 1. The molecular weight excluding hydrogens is 234 g/mol. The van der Waals surface area contributed by atoms with E-state index in [9.17, 15) is 9.59 Å². The molecule has 0 saturated carbocycles. The van der Waals surface area contributed by atoms with Gasteiger partial charge in [-0.25, -0.2) is 0 Å². The molecule has 6 heteroatoms. The lowest BCUT2D eigenvalue weighted by atomic mass is 10.2. The zero-order valence-electron chi connectivity index (χ0n) is 10.6. The van der Waals surface area contributed by atoms with E-state index in [1.165, 1.54) is 0 Å². The second kappa shape index (κ2) is 7.47. The average Bonchev–Trinajstić information content (AvgIpc) is 2.81. The van der Waals surface area contributed by atoms with Crippen LogP contribution in [-0.2, 0) is 11.3 Å². The molecule has 0 fully saturated rings. The van der Waals surface area contributed by atoms with Gasteiger partial charge < -0.3 is 10.4 Å². The normalized spacial score (nSPS) is 10.3. The van der Waals surface area contributed by atoms with Crippen molar-refractivity contribution in [3.8, 4) is 0 Å². The largest absolute Gasteiger partial charge is 0.481 e. The van der Waals surface area contributed by atoms with Crippen LogP contribution in [0.2, 0.25) is 0 Å². The van der Waals surface area contributed by atoms with E-state index in [-0.39, 0.29) is 12.3 Å². The number of rotatable bonds is 8. The van der Waals surface area contributed by atoms with Crippen molar-refractivity contribution in [2.75, 3.05) is 6.54 Å². The molecule has 1 aromatic rings. The minimum Gasteiger partial charge on any atom is -0.481 e. The van der Waals surface area contributed by atoms with Gasteiger partial charge in [0, 0.05) is 25.7 Å². The predicted molar refractivity (Wildman–Crippen MR) is 66.3 cm³/mol. The summed E-state index contributed by atoms with van der Waals surface area (Å²) in [4.78, 5) is 21.9. The van der Waals surface area contributed by atoms with Crippen molar-refractivity contribution in [2.45, 2.75) is 39.2 Å². The maximum absolute atomic E-state index is 11.7. The standard InChI is InChI=1S/C12H19N3O3/c1-2-15-9-10(8-14-15)12(18)13-7-5-3-4-6-11(16)17/h8-9H,2-7H2,1H3,(H,13,18)(H,16,17). The number of aromatic nitrogens is 2. The molecule has 0 unspecified atom stereocenters. The quantitative estimate of drug-likeness (QED) is 0.683. The van der Waals surface area contributed by atoms with Crippen LogP contribution < -0.4 is 5.32 Å². The highest BCUT2D eigenvalue weighted by Gasteiger charge is 2.07. The van der Waals surface area contributed by atoms with Crippen molar-refractivity contribution in [1.82, 2.24) is 15.1 Å². The highest BCUT2D eigenvalue weighted by atomic mass is 16.4. The van der Waals surface area contributed by atoms with Gasteiger partial charge in [-0.2, -0.15) is 5.10 Å². The van der Waals surface area contributed by atoms with Gasteiger partial charge in [0.1, 0.15) is 0 Å². The second-order valence-electron chi connectivity index (χ2n) is 4.05. The van der Waals surface area contributed by atoms with Gasteiger partial charge in [0.25, 0.3) is 5.91 Å². The van der Waals surface area contributed by atoms with E-state index >= 15 is 0 Å². The Hall–Kier alpha value is -1.85. The molecule has 1 heterocycles. The Balaban J connectivity index is 2.15. The molecule has 0 radical (unpaired) electrons. The van der Waals surface area contributed by atoms with Crippen molar-refractivity contribution in [2.24, 2.45) is 0 Å². The third kappa shape index (κ3) is 4.99. The lowest BCUT2D eigenvalue weighted by Gasteiger charge is -2.02. The van der Waals surface area contributed by atoms with Crippen LogP contribution in [0.25, 0.3) is 0 Å². The van der Waals surface area contributed by atoms with E-state index in [1.807, 2.05) is 6.92 Å². The summed E-state index contributed by atoms with van der Waals surface area (Å²) in [6, 6.07) is 0. The van der Waals surface area contributed by atoms with Crippen molar-refractivity contribution in [3.63, 3.8) is 0 Å². The zero-order valence-corrected chi connectivity index (χ0v) is 10.6. The van der Waals surface area contributed by atoms with Gasteiger partial charge in [-0.1, -0.05) is 6.42 Å². The number of nitrogens with one attached hydrogen (secondary N) is 1. The second-order valence-corrected chi connectivity index (χ2v) is 4.05. The first-order chi connectivity index (χ1) is 8.63. The lowest BCUT2D eigenvalue weighted by molar-refractivity contribution is -0.137. The zero-order chi connectivity index (χ0) is 13.4. The van der Waals surface area contributed by atoms with Crippen molar-refractivity contribution >= 4 is 11.9 Å². The SMILES string of the molecule is CCn1cc(C(=O)NCCCCCC(=O)O)cn1. The maximum Gasteiger partial charge on any atom is 0.303 e. The molecular formula is C12H19N3O3. The number of carboxylic acids is 1. The van der Waals surface area contributed by atoms with Crippen LogP contribution >= 0.6 is 0 Å². The Kier molecular flexibility index (Phi) is 5.90. The number of aryl methyl sites for hydroxylation is 1. The first-order valence-corrected chi connectivity index (χ1v) is 6.16. The third-order valence-electron chi connectivity index (χ3n) is 2.57. The monoisotopic (exact) mass is 253 g/mol. The highest BCUT2D eigenvalue weighted by Crippen LogP contribution is 2.00. The first-order valence-electron chi connectivity index (χ1n) is 6.16. The summed E-state index contributed by atoms with van der Waals surface area (Å²) in [5.41, 5.74) is 0.558. The van der Waals surface area contributed by atoms with E-state index in [2.05, 4.69) is 10.4 Å². The van der Waals surface area contributed by atoms with Gasteiger partial charge in [0.2, 0.25) is 0 Å². The van der Waals surface area contributed by atoms with Gasteiger partial charge in [-0.3, -0.25) is 14.3 Å². The Morgan fingerprint density at radius 3 is 2.78 bits per heavy atom. The van der Waals surface area contributed by atoms with Crippen LogP contribution in [0.4, 0.5) is 0 Å². The molecule has 0 aliphatic carbocycles. The molecule has 0 saturated heterocycles. The Morgan fingerprint density at radius 1 is 1.39 bits per heavy atom. The van der Waals surface area contributed by atoms with E-state index in [4.69, 9.17) is 5.11 Å². The van der Waals surface area contributed by atoms with Gasteiger partial charge >= 0.3 is 5.97 Å². The number of carbonyl (C=O) groups is 2. The molecule has 0 aliphatic heterocycles. The molecule has 18 heavy (non-hydrogen) atoms. The van der Waals surface area contributed by atoms with Crippen LogP contribution in [0.15, 0.2) is 12.4 Å². The summed E-state index contributed by atoms with van der Waals surface area (Å²) in [5.74, 6) is -0.904. The number of unbranched alkanes of at least 4 members (excludes halogenated alkanes) is 2. The molecule has 100 valence electrons. The molecule has 6 nitrogen and oxygen atoms in total. The van der Waals surface area contributed by atoms with Gasteiger partial charge in [0.05, 0.1) is 11.8 Å². The number of nitrogens with zero attached hydrogens (tertiary/aromatic N) is 2. The molecule has 0 spiro atoms. The van der Waals surface area contributed by atoms with Crippen LogP contribution in [0.1, 0.15) is 43.0 Å². The number of carboxylic acid groups (broad SMARTS) is 1. The van der Waals surface area contributed by atoms with Gasteiger partial charge in [-0.05, 0) is 19.8 Å². The van der Waals surface area contributed by atoms with Crippen molar-refractivity contribution in [1.29, 1.82) is 0 Å². The fourth-order valence-electron chi connectivity index (χ4n) is 1.54. The lowest BCUT2D eigenvalue weighted by Crippen LogP contribution is -2.24. The number of hydrogen-bond donors (Lipinski definition) is 2. The van der Waals surface area contributed by atoms with E-state index in [1.54, 1.807) is 17.1 Å². The molecule has 1 rings (SSSR count). The first kappa shape index (κ1) is 14.2. The topological polar surface area (TPSA) is 84.2 Å². The smallest absolute Gasteiger partial charge is 0.303 e. The molecule has 0 aliphatic rings. The predicted octanol–water partition coefficient (Wildman–Crippen LogP) is 1.28. The summed E-state index contributed by atoms with van der Waals surface area (Å²) in [7, 11) is 0. The number of hydrogen-bond acceptors (Lipinski definition) is 3. The fraction of sp³-hybridized carbons (Fsp3) is 0.583. The molecule has 0 bridgehead atoms. The maximum atomic E-state index is 11.7. The minimum absolute atomic E-state index is 0.132. The van der Waals surface area contributed by atoms with Gasteiger partial charge in [0.15, 0.2) is 0 Å². The van der Waals surface area contributed by atoms with Crippen molar-refractivity contribution < 1.29 is 14.7 Å². The molecule has 1 aromatic heterocycles. The van der Waals surface area contributed by atoms with E-state index in [0.29, 0.717) is 18.5 Å². The summed E-state index contributed by atoms with van der Waals surface area (Å²) in [5, 5.41) is 15.3. The summed E-state index contributed by atoms with van der Waals surface area (Å²) >= 11 is 0. The third-order valence-corrected chi connectivity index (χ3v) is 2.57. The van der Waals surface area contributed by atoms with E-state index in [0.717, 1.165) is 19.4 Å². The summed E-state index contributed by atoms with van der Waals surface area (Å²) < 4.78 is 1.70. The van der Waals surface area contributed by atoms with Gasteiger partial charge in [-0.15, -0.1) is 0 Å². The summed E-state index contributed by atoms with van der Waals surface area (Å²) in [6.07, 6.45) is 5.70. The van der Waals surface area contributed by atoms with Crippen molar-refractivity contribution in [3.05, 3.63) is 18.0 Å². The molecule has 0 aromatic carbocycles. The Labute approximate surface area is 106 Å². The van der Waals surface area contributed by atoms with Crippen LogP contribution in [0.5, 0.6) is 0 Å². The summed E-state index contributed by atoms with van der Waals surface area (Å²) in [6.45, 7) is 3.26. The number of carbonyl (C=O) groups excluding carboxylic acids is 1. The van der Waals surface area contributed by atoms with Crippen LogP contribution in [-0.4, -0.2) is 33.3 Å². The number of aliphatic carboxylic acids is 1. The highest BCUT2D eigenvalue weighted by molar-refractivity contribution is 5.93. The molecule has 0 atom stereocenters. The minimum atomic E-state index is -0.772. The fourth-order valence-corrected chi connectivity index (χ4v) is 1.54. The molecule has 2 N–H and O–H groups in total. The Morgan fingerprint density at radius 2 is 2.17 bits per heavy atom. The van der Waals surface area contributed by atoms with Crippen LogP contribution in [0, 0.1) is 0 Å². The van der Waals surface area contributed by atoms with Crippen LogP contribution in [0.3, 0.4) is 0 Å². The van der Waals surface area contributed by atoms with E-state index < -0.39 is 5.97 Å². The molecule has 1 amide bonds. The average molecular weight is 253 g/mol. The Bertz CT molecular complexity index is 401.